The van der Waals surface area contributed by atoms with Gasteiger partial charge in [-0.1, -0.05) is 6.92 Å². The van der Waals surface area contributed by atoms with Crippen LogP contribution >= 0.6 is 11.3 Å². The molecule has 7 heteroatoms. The highest BCUT2D eigenvalue weighted by Gasteiger charge is 2.26. The first kappa shape index (κ1) is 17.9. The van der Waals surface area contributed by atoms with Crippen molar-refractivity contribution < 1.29 is 0 Å². The van der Waals surface area contributed by atoms with Crippen LogP contribution in [0.25, 0.3) is 0 Å². The first-order valence-electron chi connectivity index (χ1n) is 9.15. The third-order valence-electron chi connectivity index (χ3n) is 4.56. The van der Waals surface area contributed by atoms with Gasteiger partial charge in [-0.2, -0.15) is 5.10 Å². The average molecular weight is 361 g/mol. The lowest BCUT2D eigenvalue weighted by Crippen LogP contribution is -2.40. The molecular weight excluding hydrogens is 332 g/mol. The molecule has 1 N–H and O–H groups in total. The summed E-state index contributed by atoms with van der Waals surface area (Å²) in [5.74, 6) is 1.57. The quantitative estimate of drug-likeness (QED) is 0.635. The Labute approximate surface area is 154 Å². The van der Waals surface area contributed by atoms with Crippen molar-refractivity contribution in [2.24, 2.45) is 12.0 Å². The summed E-state index contributed by atoms with van der Waals surface area (Å²) in [4.78, 5) is 13.1. The van der Waals surface area contributed by atoms with E-state index < -0.39 is 0 Å². The van der Waals surface area contributed by atoms with Gasteiger partial charge in [0, 0.05) is 62.8 Å². The zero-order valence-corrected chi connectivity index (χ0v) is 16.2. The minimum atomic E-state index is 0.545. The molecule has 0 radical (unpaired) electrons. The van der Waals surface area contributed by atoms with Crippen molar-refractivity contribution in [2.75, 3.05) is 26.2 Å². The largest absolute Gasteiger partial charge is 0.357 e. The monoisotopic (exact) mass is 360 g/mol. The molecule has 0 amide bonds. The number of likely N-dealkylation sites (tertiary alicyclic amines) is 1. The first-order valence-corrected chi connectivity index (χ1v) is 9.96. The van der Waals surface area contributed by atoms with E-state index in [9.17, 15) is 0 Å². The highest BCUT2D eigenvalue weighted by atomic mass is 32.1. The molecular formula is C18H28N6S. The summed E-state index contributed by atoms with van der Waals surface area (Å²) in [5, 5.41) is 8.93. The van der Waals surface area contributed by atoms with Gasteiger partial charge in [0.1, 0.15) is 0 Å². The van der Waals surface area contributed by atoms with Crippen LogP contribution in [0.1, 0.15) is 41.6 Å². The Bertz CT molecular complexity index is 704. The van der Waals surface area contributed by atoms with Crippen LogP contribution in [0.5, 0.6) is 0 Å². The van der Waals surface area contributed by atoms with Gasteiger partial charge in [-0.15, -0.1) is 11.3 Å². The fraction of sp³-hybridized carbons (Fsp3) is 0.611. The molecule has 0 aromatic carbocycles. The third-order valence-corrected chi connectivity index (χ3v) is 5.76. The zero-order valence-electron chi connectivity index (χ0n) is 15.4. The van der Waals surface area contributed by atoms with E-state index in [4.69, 9.17) is 4.99 Å². The van der Waals surface area contributed by atoms with Crippen LogP contribution in [0.2, 0.25) is 0 Å². The number of nitrogens with zero attached hydrogens (tertiary/aromatic N) is 5. The van der Waals surface area contributed by atoms with E-state index in [0.29, 0.717) is 5.92 Å². The van der Waals surface area contributed by atoms with Crippen molar-refractivity contribution in [3.63, 3.8) is 0 Å². The van der Waals surface area contributed by atoms with Crippen molar-refractivity contribution in [2.45, 2.75) is 39.0 Å². The molecule has 136 valence electrons. The fourth-order valence-corrected chi connectivity index (χ4v) is 4.04. The van der Waals surface area contributed by atoms with Crippen LogP contribution in [0.15, 0.2) is 23.6 Å². The van der Waals surface area contributed by atoms with Gasteiger partial charge < -0.3 is 10.2 Å². The van der Waals surface area contributed by atoms with Crippen molar-refractivity contribution in [3.05, 3.63) is 34.0 Å². The number of guanidine groups is 1. The van der Waals surface area contributed by atoms with Crippen LogP contribution in [-0.2, 0) is 19.9 Å². The van der Waals surface area contributed by atoms with E-state index in [1.54, 1.807) is 11.3 Å². The average Bonchev–Trinajstić information content (AvgIpc) is 3.34. The highest BCUT2D eigenvalue weighted by Crippen LogP contribution is 2.26. The molecule has 2 aromatic heterocycles. The molecule has 1 atom stereocenters. The Morgan fingerprint density at radius 3 is 2.96 bits per heavy atom. The number of hydrogen-bond acceptors (Lipinski definition) is 4. The number of rotatable bonds is 6. The smallest absolute Gasteiger partial charge is 0.193 e. The Hall–Kier alpha value is -1.89. The second-order valence-corrected chi connectivity index (χ2v) is 7.64. The maximum atomic E-state index is 4.84. The maximum Gasteiger partial charge on any atom is 0.193 e. The topological polar surface area (TPSA) is 58.3 Å². The van der Waals surface area contributed by atoms with E-state index in [-0.39, 0.29) is 0 Å². The summed E-state index contributed by atoms with van der Waals surface area (Å²) in [6.45, 7) is 8.03. The molecule has 3 rings (SSSR count). The molecule has 6 nitrogen and oxygen atoms in total. The van der Waals surface area contributed by atoms with Crippen molar-refractivity contribution in [1.29, 1.82) is 0 Å². The minimum absolute atomic E-state index is 0.545. The second-order valence-electron chi connectivity index (χ2n) is 6.44. The van der Waals surface area contributed by atoms with E-state index in [1.165, 1.54) is 15.4 Å². The lowest BCUT2D eigenvalue weighted by atomic mass is 10.0. The molecule has 0 aliphatic carbocycles. The first-order chi connectivity index (χ1) is 12.2. The van der Waals surface area contributed by atoms with Gasteiger partial charge in [-0.05, 0) is 25.3 Å². The highest BCUT2D eigenvalue weighted by molar-refractivity contribution is 7.11. The van der Waals surface area contributed by atoms with E-state index in [2.05, 4.69) is 40.3 Å². The SMILES string of the molecule is CCNC(=NCCc1ncc(CC)s1)N1CCC(c2cnn(C)c2)C1. The van der Waals surface area contributed by atoms with Crippen molar-refractivity contribution in [1.82, 2.24) is 25.0 Å². The molecule has 3 heterocycles. The third kappa shape index (κ3) is 4.60. The fourth-order valence-electron chi connectivity index (χ4n) is 3.19. The standard InChI is InChI=1S/C18H28N6S/c1-4-16-11-21-17(25-16)6-8-20-18(19-5-2)24-9-7-14(13-24)15-10-22-23(3)12-15/h10-12,14H,4-9,13H2,1-3H3,(H,19,20). The zero-order chi connectivity index (χ0) is 17.6. The summed E-state index contributed by atoms with van der Waals surface area (Å²) in [7, 11) is 1.98. The van der Waals surface area contributed by atoms with E-state index in [1.807, 2.05) is 24.1 Å². The molecule has 1 saturated heterocycles. The van der Waals surface area contributed by atoms with Gasteiger partial charge in [0.15, 0.2) is 5.96 Å². The molecule has 25 heavy (non-hydrogen) atoms. The number of aliphatic imine (C=N–C) groups is 1. The van der Waals surface area contributed by atoms with Gasteiger partial charge in [0.05, 0.1) is 11.2 Å². The van der Waals surface area contributed by atoms with Crippen molar-refractivity contribution in [3.8, 4) is 0 Å². The second kappa shape index (κ2) is 8.47. The number of nitrogens with one attached hydrogen (secondary N) is 1. The summed E-state index contributed by atoms with van der Waals surface area (Å²) in [6.07, 6.45) is 9.25. The molecule has 0 saturated carbocycles. The Kier molecular flexibility index (Phi) is 6.07. The normalized spacial score (nSPS) is 18.1. The van der Waals surface area contributed by atoms with Crippen LogP contribution in [-0.4, -0.2) is 51.8 Å². The number of aryl methyl sites for hydroxylation is 2. The molecule has 2 aromatic rings. The van der Waals surface area contributed by atoms with Gasteiger partial charge in [-0.25, -0.2) is 4.98 Å². The van der Waals surface area contributed by atoms with Gasteiger partial charge in [-0.3, -0.25) is 9.67 Å². The van der Waals surface area contributed by atoms with Crippen LogP contribution < -0.4 is 5.32 Å². The Morgan fingerprint density at radius 1 is 1.40 bits per heavy atom. The summed E-state index contributed by atoms with van der Waals surface area (Å²) < 4.78 is 1.88. The number of thiazole rings is 1. The van der Waals surface area contributed by atoms with Gasteiger partial charge >= 0.3 is 0 Å². The molecule has 0 bridgehead atoms. The summed E-state index contributed by atoms with van der Waals surface area (Å²) in [5.41, 5.74) is 1.33. The minimum Gasteiger partial charge on any atom is -0.357 e. The molecule has 1 aliphatic heterocycles. The lowest BCUT2D eigenvalue weighted by Gasteiger charge is -2.21. The predicted octanol–water partition coefficient (Wildman–Crippen LogP) is 2.44. The van der Waals surface area contributed by atoms with E-state index in [0.717, 1.165) is 51.4 Å². The van der Waals surface area contributed by atoms with Crippen LogP contribution in [0, 0.1) is 0 Å². The molecule has 1 unspecified atom stereocenters. The van der Waals surface area contributed by atoms with Crippen LogP contribution in [0.4, 0.5) is 0 Å². The van der Waals surface area contributed by atoms with Gasteiger partial charge in [0.25, 0.3) is 0 Å². The molecule has 0 spiro atoms. The Morgan fingerprint density at radius 2 is 2.28 bits per heavy atom. The summed E-state index contributed by atoms with van der Waals surface area (Å²) in [6, 6.07) is 0. The number of aromatic nitrogens is 3. The Balaban J connectivity index is 1.58. The van der Waals surface area contributed by atoms with Crippen LogP contribution in [0.3, 0.4) is 0 Å². The number of hydrogen-bond donors (Lipinski definition) is 1. The summed E-state index contributed by atoms with van der Waals surface area (Å²) >= 11 is 1.81. The lowest BCUT2D eigenvalue weighted by molar-refractivity contribution is 0.486. The molecule has 1 fully saturated rings. The van der Waals surface area contributed by atoms with Gasteiger partial charge in [0.2, 0.25) is 0 Å². The van der Waals surface area contributed by atoms with E-state index >= 15 is 0 Å². The molecule has 1 aliphatic rings. The van der Waals surface area contributed by atoms with Crippen molar-refractivity contribution >= 4 is 17.3 Å². The maximum absolute atomic E-state index is 4.84. The predicted molar refractivity (Wildman–Crippen MR) is 103 cm³/mol.